The molecule has 1 amide bonds. The van der Waals surface area contributed by atoms with Gasteiger partial charge in [-0.1, -0.05) is 6.92 Å². The summed E-state index contributed by atoms with van der Waals surface area (Å²) in [5.74, 6) is -1.58. The van der Waals surface area contributed by atoms with E-state index in [9.17, 15) is 9.59 Å². The minimum atomic E-state index is -1.06. The molecule has 1 atom stereocenters. The monoisotopic (exact) mass is 223 g/mol. The summed E-state index contributed by atoms with van der Waals surface area (Å²) in [4.78, 5) is 22.3. The van der Waals surface area contributed by atoms with Gasteiger partial charge in [0.1, 0.15) is 6.04 Å². The van der Waals surface area contributed by atoms with Gasteiger partial charge in [-0.3, -0.25) is 4.79 Å². The van der Waals surface area contributed by atoms with Crippen LogP contribution in [0.4, 0.5) is 0 Å². The molecule has 6 heteroatoms. The third kappa shape index (κ3) is 3.01. The van der Waals surface area contributed by atoms with Gasteiger partial charge in [-0.05, 0) is 25.0 Å². The predicted molar refractivity (Wildman–Crippen MR) is 56.0 cm³/mol. The fourth-order valence-electron chi connectivity index (χ4n) is 1.15. The second kappa shape index (κ2) is 5.20. The van der Waals surface area contributed by atoms with Crippen LogP contribution >= 0.6 is 0 Å². The van der Waals surface area contributed by atoms with Crippen LogP contribution in [0.15, 0.2) is 12.3 Å². The first kappa shape index (κ1) is 12.1. The highest BCUT2D eigenvalue weighted by Gasteiger charge is 2.19. The average molecular weight is 223 g/mol. The summed E-state index contributed by atoms with van der Waals surface area (Å²) in [5.41, 5.74) is 0.920. The van der Waals surface area contributed by atoms with Crippen molar-refractivity contribution in [3.63, 3.8) is 0 Å². The van der Waals surface area contributed by atoms with Crippen molar-refractivity contribution < 1.29 is 14.7 Å². The molecular weight excluding hydrogens is 210 g/mol. The number of aryl methyl sites for hydroxylation is 1. The van der Waals surface area contributed by atoms with Crippen LogP contribution in [0.25, 0.3) is 0 Å². The molecular formula is C10H13N3O3. The highest BCUT2D eigenvalue weighted by Crippen LogP contribution is 1.99. The van der Waals surface area contributed by atoms with Crippen LogP contribution < -0.4 is 5.32 Å². The van der Waals surface area contributed by atoms with E-state index in [-0.39, 0.29) is 5.69 Å². The molecule has 0 fully saturated rings. The number of hydrogen-bond donors (Lipinski definition) is 2. The van der Waals surface area contributed by atoms with Crippen molar-refractivity contribution in [3.8, 4) is 0 Å². The van der Waals surface area contributed by atoms with Crippen molar-refractivity contribution in [2.45, 2.75) is 26.3 Å². The van der Waals surface area contributed by atoms with E-state index >= 15 is 0 Å². The van der Waals surface area contributed by atoms with Gasteiger partial charge in [-0.25, -0.2) is 4.79 Å². The van der Waals surface area contributed by atoms with E-state index in [4.69, 9.17) is 5.11 Å². The molecule has 1 unspecified atom stereocenters. The number of amides is 1. The molecule has 1 rings (SSSR count). The Bertz CT molecular complexity index is 406. The smallest absolute Gasteiger partial charge is 0.326 e. The van der Waals surface area contributed by atoms with Crippen molar-refractivity contribution in [2.24, 2.45) is 0 Å². The molecule has 0 radical (unpaired) electrons. The van der Waals surface area contributed by atoms with Crippen LogP contribution in [0.5, 0.6) is 0 Å². The van der Waals surface area contributed by atoms with E-state index in [1.807, 2.05) is 0 Å². The van der Waals surface area contributed by atoms with E-state index in [2.05, 4.69) is 15.5 Å². The van der Waals surface area contributed by atoms with Crippen LogP contribution in [-0.4, -0.2) is 33.2 Å². The lowest BCUT2D eigenvalue weighted by Gasteiger charge is -2.11. The third-order valence-corrected chi connectivity index (χ3v) is 2.04. The maximum Gasteiger partial charge on any atom is 0.326 e. The largest absolute Gasteiger partial charge is 0.480 e. The van der Waals surface area contributed by atoms with Gasteiger partial charge in [0, 0.05) is 0 Å². The number of aromatic nitrogens is 2. The first-order valence-electron chi connectivity index (χ1n) is 4.87. The molecule has 0 aromatic carbocycles. The van der Waals surface area contributed by atoms with Crippen molar-refractivity contribution in [3.05, 3.63) is 23.5 Å². The van der Waals surface area contributed by atoms with E-state index in [0.717, 1.165) is 5.56 Å². The van der Waals surface area contributed by atoms with Gasteiger partial charge in [-0.2, -0.15) is 5.10 Å². The minimum absolute atomic E-state index is 0.125. The summed E-state index contributed by atoms with van der Waals surface area (Å²) in [7, 11) is 0. The zero-order chi connectivity index (χ0) is 12.1. The van der Waals surface area contributed by atoms with Crippen LogP contribution in [0.1, 0.15) is 29.4 Å². The predicted octanol–water partition coefficient (Wildman–Crippen LogP) is 0.378. The fourth-order valence-corrected chi connectivity index (χ4v) is 1.15. The van der Waals surface area contributed by atoms with E-state index in [1.54, 1.807) is 19.9 Å². The lowest BCUT2D eigenvalue weighted by atomic mass is 10.2. The number of carboxylic acids is 1. The van der Waals surface area contributed by atoms with Crippen molar-refractivity contribution in [2.75, 3.05) is 0 Å². The number of nitrogens with zero attached hydrogens (tertiary/aromatic N) is 2. The molecule has 6 nitrogen and oxygen atoms in total. The Labute approximate surface area is 92.7 Å². The number of hydrogen-bond acceptors (Lipinski definition) is 4. The molecule has 0 bridgehead atoms. The Morgan fingerprint density at radius 2 is 2.25 bits per heavy atom. The molecule has 1 aromatic heterocycles. The lowest BCUT2D eigenvalue weighted by molar-refractivity contribution is -0.139. The standard InChI is InChI=1S/C10H13N3O3/c1-3-7(10(15)16)12-9(14)8-4-6(2)5-11-13-8/h4-5,7H,3H2,1-2H3,(H,12,14)(H,15,16). The summed E-state index contributed by atoms with van der Waals surface area (Å²) in [6, 6.07) is 0.659. The maximum atomic E-state index is 11.6. The second-order valence-electron chi connectivity index (χ2n) is 3.39. The van der Waals surface area contributed by atoms with Gasteiger partial charge < -0.3 is 10.4 Å². The van der Waals surface area contributed by atoms with Gasteiger partial charge in [-0.15, -0.1) is 5.10 Å². The molecule has 0 saturated heterocycles. The number of carboxylic acid groups (broad SMARTS) is 1. The first-order valence-corrected chi connectivity index (χ1v) is 4.87. The van der Waals surface area contributed by atoms with Gasteiger partial charge in [0.25, 0.3) is 5.91 Å². The highest BCUT2D eigenvalue weighted by atomic mass is 16.4. The summed E-state index contributed by atoms with van der Waals surface area (Å²) < 4.78 is 0. The summed E-state index contributed by atoms with van der Waals surface area (Å²) in [5, 5.41) is 18.4. The van der Waals surface area contributed by atoms with Gasteiger partial charge in [0.15, 0.2) is 5.69 Å². The SMILES string of the molecule is CCC(NC(=O)c1cc(C)cnn1)C(=O)O. The van der Waals surface area contributed by atoms with Crippen molar-refractivity contribution >= 4 is 11.9 Å². The maximum absolute atomic E-state index is 11.6. The Kier molecular flexibility index (Phi) is 3.93. The first-order chi connectivity index (χ1) is 7.54. The molecule has 0 aliphatic carbocycles. The summed E-state index contributed by atoms with van der Waals surface area (Å²) in [6.45, 7) is 3.46. The Balaban J connectivity index is 2.75. The van der Waals surface area contributed by atoms with E-state index < -0.39 is 17.9 Å². The molecule has 2 N–H and O–H groups in total. The minimum Gasteiger partial charge on any atom is -0.480 e. The van der Waals surface area contributed by atoms with E-state index in [0.29, 0.717) is 6.42 Å². The second-order valence-corrected chi connectivity index (χ2v) is 3.39. The zero-order valence-electron chi connectivity index (χ0n) is 9.10. The number of aliphatic carboxylic acids is 1. The number of rotatable bonds is 4. The van der Waals surface area contributed by atoms with E-state index in [1.165, 1.54) is 6.20 Å². The van der Waals surface area contributed by atoms with Crippen molar-refractivity contribution in [1.82, 2.24) is 15.5 Å². The number of carbonyl (C=O) groups excluding carboxylic acids is 1. The Hall–Kier alpha value is -1.98. The lowest BCUT2D eigenvalue weighted by Crippen LogP contribution is -2.40. The van der Waals surface area contributed by atoms with Crippen LogP contribution in [0.2, 0.25) is 0 Å². The highest BCUT2D eigenvalue weighted by molar-refractivity contribution is 5.94. The normalized spacial score (nSPS) is 11.9. The molecule has 0 spiro atoms. The summed E-state index contributed by atoms with van der Waals surface area (Å²) in [6.07, 6.45) is 1.84. The fraction of sp³-hybridized carbons (Fsp3) is 0.400. The number of nitrogens with one attached hydrogen (secondary N) is 1. The molecule has 86 valence electrons. The van der Waals surface area contributed by atoms with Gasteiger partial charge in [0.2, 0.25) is 0 Å². The van der Waals surface area contributed by atoms with Crippen LogP contribution in [0.3, 0.4) is 0 Å². The molecule has 0 saturated carbocycles. The van der Waals surface area contributed by atoms with Crippen LogP contribution in [0, 0.1) is 6.92 Å². The quantitative estimate of drug-likeness (QED) is 0.769. The van der Waals surface area contributed by atoms with Gasteiger partial charge in [0.05, 0.1) is 6.20 Å². The molecule has 1 heterocycles. The van der Waals surface area contributed by atoms with Crippen molar-refractivity contribution in [1.29, 1.82) is 0 Å². The van der Waals surface area contributed by atoms with Gasteiger partial charge >= 0.3 is 5.97 Å². The molecule has 0 aliphatic rings. The summed E-state index contributed by atoms with van der Waals surface area (Å²) >= 11 is 0. The average Bonchev–Trinajstić information content (AvgIpc) is 2.25. The molecule has 1 aromatic rings. The Morgan fingerprint density at radius 1 is 1.56 bits per heavy atom. The van der Waals surface area contributed by atoms with Crippen LogP contribution in [-0.2, 0) is 4.79 Å². The molecule has 0 aliphatic heterocycles. The third-order valence-electron chi connectivity index (χ3n) is 2.04. The number of carbonyl (C=O) groups is 2. The molecule has 16 heavy (non-hydrogen) atoms. The zero-order valence-corrected chi connectivity index (χ0v) is 9.10. The topological polar surface area (TPSA) is 92.2 Å². The Morgan fingerprint density at radius 3 is 2.75 bits per heavy atom.